The van der Waals surface area contributed by atoms with Gasteiger partial charge in [0.2, 0.25) is 5.69 Å². The molecular formula is C49H58ClN2O4+. The molecule has 7 heteroatoms. The predicted molar refractivity (Wildman–Crippen MR) is 229 cm³/mol. The Morgan fingerprint density at radius 2 is 1.54 bits per heavy atom. The molecule has 0 aromatic heterocycles. The monoisotopic (exact) mass is 773 g/mol. The molecule has 0 bridgehead atoms. The maximum atomic E-state index is 12.7. The van der Waals surface area contributed by atoms with E-state index < -0.39 is 5.97 Å². The average molecular weight is 774 g/mol. The molecule has 0 amide bonds. The number of esters is 1. The number of benzene rings is 3. The summed E-state index contributed by atoms with van der Waals surface area (Å²) in [5.74, 6) is -0.125. The number of para-hydroxylation sites is 3. The number of anilines is 1. The summed E-state index contributed by atoms with van der Waals surface area (Å²) in [5, 5.41) is 9.97. The first kappa shape index (κ1) is 41.0. The largest absolute Gasteiger partial charge is 0.481 e. The van der Waals surface area contributed by atoms with Crippen LogP contribution in [0.3, 0.4) is 0 Å². The molecule has 56 heavy (non-hydrogen) atoms. The van der Waals surface area contributed by atoms with Gasteiger partial charge in [-0.25, -0.2) is 0 Å². The number of aryl methyl sites for hydroxylation is 2. The molecule has 0 saturated carbocycles. The topological polar surface area (TPSA) is 69.9 Å². The Hall–Kier alpha value is -4.64. The van der Waals surface area contributed by atoms with E-state index in [-0.39, 0.29) is 29.1 Å². The zero-order chi connectivity index (χ0) is 40.0. The number of hydrogen-bond donors (Lipinski definition) is 1. The van der Waals surface area contributed by atoms with Gasteiger partial charge in [0.15, 0.2) is 5.71 Å². The second-order valence-electron chi connectivity index (χ2n) is 16.7. The van der Waals surface area contributed by atoms with Crippen molar-refractivity contribution in [2.24, 2.45) is 5.92 Å². The lowest BCUT2D eigenvalue weighted by molar-refractivity contribution is -0.438. The van der Waals surface area contributed by atoms with E-state index in [1.54, 1.807) is 0 Å². The average Bonchev–Trinajstić information content (AvgIpc) is 3.70. The van der Waals surface area contributed by atoms with Crippen LogP contribution in [0.25, 0.3) is 0 Å². The molecule has 0 spiro atoms. The van der Waals surface area contributed by atoms with E-state index in [1.807, 2.05) is 32.0 Å². The minimum absolute atomic E-state index is 0.0945. The molecule has 3 aliphatic rings. The number of ether oxygens (including phenoxy) is 1. The zero-order valence-electron chi connectivity index (χ0n) is 34.1. The van der Waals surface area contributed by atoms with Gasteiger partial charge in [-0.2, -0.15) is 4.58 Å². The summed E-state index contributed by atoms with van der Waals surface area (Å²) in [7, 11) is 0. The van der Waals surface area contributed by atoms with E-state index in [0.717, 1.165) is 79.9 Å². The van der Waals surface area contributed by atoms with E-state index in [9.17, 15) is 9.59 Å². The van der Waals surface area contributed by atoms with E-state index >= 15 is 0 Å². The van der Waals surface area contributed by atoms with Crippen LogP contribution in [0, 0.1) is 19.8 Å². The second kappa shape index (κ2) is 17.7. The van der Waals surface area contributed by atoms with Crippen molar-refractivity contribution < 1.29 is 24.0 Å². The summed E-state index contributed by atoms with van der Waals surface area (Å²) >= 11 is 7.19. The van der Waals surface area contributed by atoms with Gasteiger partial charge in [-0.15, -0.1) is 5.73 Å². The molecule has 6 rings (SSSR count). The molecule has 294 valence electrons. The van der Waals surface area contributed by atoms with Crippen LogP contribution in [0.2, 0.25) is 0 Å². The van der Waals surface area contributed by atoms with Gasteiger partial charge in [-0.1, -0.05) is 78.7 Å². The van der Waals surface area contributed by atoms with Crippen molar-refractivity contribution in [2.45, 2.75) is 117 Å². The van der Waals surface area contributed by atoms with Gasteiger partial charge in [0.05, 0.1) is 11.1 Å². The molecule has 6 nitrogen and oxygen atoms in total. The summed E-state index contributed by atoms with van der Waals surface area (Å²) in [6, 6.07) is 23.2. The number of nitrogens with zero attached hydrogens (tertiary/aromatic N) is 2. The number of carbonyl (C=O) groups excluding carboxylic acids is 1. The van der Waals surface area contributed by atoms with Crippen molar-refractivity contribution in [1.82, 2.24) is 0 Å². The quantitative estimate of drug-likeness (QED) is 0.0516. The lowest BCUT2D eigenvalue weighted by Crippen LogP contribution is -2.28. The van der Waals surface area contributed by atoms with Crippen LogP contribution in [0.1, 0.15) is 114 Å². The van der Waals surface area contributed by atoms with Crippen LogP contribution in [0.5, 0.6) is 5.75 Å². The zero-order valence-corrected chi connectivity index (χ0v) is 34.8. The number of rotatable bonds is 16. The van der Waals surface area contributed by atoms with Crippen molar-refractivity contribution in [3.8, 4) is 5.75 Å². The number of carboxylic acid groups (broad SMARTS) is 1. The highest BCUT2D eigenvalue weighted by atomic mass is 35.5. The first-order valence-corrected chi connectivity index (χ1v) is 20.8. The van der Waals surface area contributed by atoms with Crippen LogP contribution >= 0.6 is 11.6 Å². The maximum Gasteiger partial charge on any atom is 0.311 e. The number of hydrogen-bond acceptors (Lipinski definition) is 4. The molecule has 1 aliphatic carbocycles. The number of fused-ring (bicyclic) bond motifs is 2. The number of halogens is 1. The van der Waals surface area contributed by atoms with E-state index in [0.29, 0.717) is 18.6 Å². The van der Waals surface area contributed by atoms with Crippen LogP contribution in [0.4, 0.5) is 11.4 Å². The first-order chi connectivity index (χ1) is 26.8. The van der Waals surface area contributed by atoms with E-state index in [2.05, 4.69) is 110 Å². The van der Waals surface area contributed by atoms with Crippen LogP contribution in [-0.2, 0) is 20.4 Å². The van der Waals surface area contributed by atoms with Gasteiger partial charge in [-0.3, -0.25) is 9.59 Å². The molecule has 1 N–H and O–H groups in total. The number of allylic oxidation sites excluding steroid dienone is 5. The molecule has 2 aliphatic heterocycles. The van der Waals surface area contributed by atoms with Gasteiger partial charge in [0.25, 0.3) is 0 Å². The highest BCUT2D eigenvalue weighted by Crippen LogP contribution is 2.48. The summed E-state index contributed by atoms with van der Waals surface area (Å²) in [6.07, 6.45) is 14.3. The highest BCUT2D eigenvalue weighted by Gasteiger charge is 2.44. The summed E-state index contributed by atoms with van der Waals surface area (Å²) in [4.78, 5) is 26.1. The Balaban J connectivity index is 1.16. The second-order valence-corrected chi connectivity index (χ2v) is 17.1. The Bertz CT molecular complexity index is 2110. The Kier molecular flexibility index (Phi) is 12.9. The molecular weight excluding hydrogens is 716 g/mol. The van der Waals surface area contributed by atoms with Gasteiger partial charge in [0, 0.05) is 65.6 Å². The van der Waals surface area contributed by atoms with E-state index in [4.69, 9.17) is 21.4 Å². The molecule has 2 heterocycles. The van der Waals surface area contributed by atoms with Crippen LogP contribution in [-0.4, -0.2) is 40.4 Å². The molecule has 1 unspecified atom stereocenters. The van der Waals surface area contributed by atoms with Crippen molar-refractivity contribution in [3.05, 3.63) is 129 Å². The summed E-state index contributed by atoms with van der Waals surface area (Å²) in [6.45, 7) is 14.8. The lowest BCUT2D eigenvalue weighted by Gasteiger charge is -2.25. The van der Waals surface area contributed by atoms with Gasteiger partial charge >= 0.3 is 11.9 Å². The fraction of sp³-hybridized carbons (Fsp3) is 0.429. The molecule has 0 fully saturated rings. The van der Waals surface area contributed by atoms with Gasteiger partial charge < -0.3 is 14.7 Å². The first-order valence-electron chi connectivity index (χ1n) is 20.4. The fourth-order valence-electron chi connectivity index (χ4n) is 8.73. The SMILES string of the molecule is Cc1cccc(C)c1OC(=O)CCCCC[N+]1=C(/C=C/C2=C(Cl)C(C=C=C3N(CCCCCC(=O)O)c4ccccc4C3(C)C)CC2)C(C)(C)c2ccccc21. The number of aliphatic carboxylic acids is 1. The highest BCUT2D eigenvalue weighted by molar-refractivity contribution is 6.30. The van der Waals surface area contributed by atoms with Crippen LogP contribution in [0.15, 0.2) is 107 Å². The van der Waals surface area contributed by atoms with E-state index in [1.165, 1.54) is 33.8 Å². The summed E-state index contributed by atoms with van der Waals surface area (Å²) in [5.41, 5.74) is 14.0. The predicted octanol–water partition coefficient (Wildman–Crippen LogP) is 11.8. The van der Waals surface area contributed by atoms with Gasteiger partial charge in [0.1, 0.15) is 12.3 Å². The van der Waals surface area contributed by atoms with Crippen molar-refractivity contribution >= 4 is 40.6 Å². The fourth-order valence-corrected chi connectivity index (χ4v) is 9.06. The Morgan fingerprint density at radius 3 is 2.29 bits per heavy atom. The molecule has 1 atom stereocenters. The molecule has 3 aromatic rings. The maximum absolute atomic E-state index is 12.7. The number of carbonyl (C=O) groups is 2. The van der Waals surface area contributed by atoms with Crippen LogP contribution < -0.4 is 9.64 Å². The van der Waals surface area contributed by atoms with Crippen molar-refractivity contribution in [1.29, 1.82) is 0 Å². The standard InChI is InChI=1S/C49H57ClN2O4/c1-34-18-17-19-35(2)47(34)56-45(55)25-10-8-16-33-52-41-23-14-12-21-39(41)49(5,6)43(52)31-29-37-27-26-36(46(37)50)28-30-42-48(3,4)38-20-11-13-22-40(38)51(42)32-15-7-9-24-44(53)54/h11-14,17-23,28-29,31,36H,7-10,15-16,24-27,32-33H2,1-6H3/p+1/b31-29+. The lowest BCUT2D eigenvalue weighted by atomic mass is 9.81. The van der Waals surface area contributed by atoms with Gasteiger partial charge in [-0.05, 0) is 114 Å². The summed E-state index contributed by atoms with van der Waals surface area (Å²) < 4.78 is 8.20. The third-order valence-corrected chi connectivity index (χ3v) is 12.4. The third-order valence-electron chi connectivity index (χ3n) is 11.9. The minimum atomic E-state index is -0.734. The van der Waals surface area contributed by atoms with Crippen molar-refractivity contribution in [3.63, 3.8) is 0 Å². The minimum Gasteiger partial charge on any atom is -0.481 e. The third kappa shape index (κ3) is 8.83. The Labute approximate surface area is 338 Å². The normalized spacial score (nSPS) is 18.1. The number of carboxylic acids is 1. The Morgan fingerprint density at radius 1 is 0.857 bits per heavy atom. The molecule has 3 aromatic carbocycles. The number of unbranched alkanes of at least 4 members (excludes halogenated alkanes) is 4. The smallest absolute Gasteiger partial charge is 0.311 e. The molecule has 0 radical (unpaired) electrons. The van der Waals surface area contributed by atoms with Crippen molar-refractivity contribution in [2.75, 3.05) is 18.0 Å². The molecule has 0 saturated heterocycles.